The quantitative estimate of drug-likeness (QED) is 0.617. The molecule has 1 aromatic carbocycles. The molecular formula is C23H27N3O5S. The average Bonchev–Trinajstić information content (AvgIpc) is 3.10. The highest BCUT2D eigenvalue weighted by atomic mass is 32.2. The second kappa shape index (κ2) is 10.2. The smallest absolute Gasteiger partial charge is 0.303 e. The lowest BCUT2D eigenvalue weighted by atomic mass is 10.2. The van der Waals surface area contributed by atoms with Crippen LogP contribution >= 0.6 is 11.8 Å². The molecule has 0 saturated carbocycles. The van der Waals surface area contributed by atoms with Gasteiger partial charge in [-0.05, 0) is 30.7 Å². The first-order valence-corrected chi connectivity index (χ1v) is 11.7. The maximum absolute atomic E-state index is 13.0. The lowest BCUT2D eigenvalue weighted by Gasteiger charge is -2.30. The summed E-state index contributed by atoms with van der Waals surface area (Å²) in [6.07, 6.45) is 0.854. The molecule has 2 aromatic rings. The van der Waals surface area contributed by atoms with Crippen molar-refractivity contribution in [1.82, 2.24) is 9.80 Å². The number of ether oxygens (including phenoxy) is 1. The molecule has 0 aliphatic carbocycles. The van der Waals surface area contributed by atoms with Gasteiger partial charge in [0.1, 0.15) is 24.7 Å². The van der Waals surface area contributed by atoms with Gasteiger partial charge in [0, 0.05) is 38.0 Å². The van der Waals surface area contributed by atoms with Gasteiger partial charge in [0.25, 0.3) is 0 Å². The number of rotatable bonds is 6. The third-order valence-corrected chi connectivity index (χ3v) is 6.60. The maximum Gasteiger partial charge on any atom is 0.303 e. The fourth-order valence-corrected chi connectivity index (χ4v) is 4.85. The summed E-state index contributed by atoms with van der Waals surface area (Å²) in [5, 5.41) is 0. The number of para-hydroxylation sites is 1. The lowest BCUT2D eigenvalue weighted by molar-refractivity contribution is -0.142. The van der Waals surface area contributed by atoms with Crippen molar-refractivity contribution < 1.29 is 23.5 Å². The molecular weight excluding hydrogens is 430 g/mol. The molecule has 0 spiro atoms. The van der Waals surface area contributed by atoms with Crippen LogP contribution in [-0.2, 0) is 32.3 Å². The van der Waals surface area contributed by atoms with Crippen LogP contribution in [0.1, 0.15) is 24.9 Å². The maximum atomic E-state index is 13.0. The van der Waals surface area contributed by atoms with Gasteiger partial charge < -0.3 is 19.0 Å². The highest BCUT2D eigenvalue weighted by molar-refractivity contribution is 8.00. The number of hydrogen-bond acceptors (Lipinski definition) is 7. The standard InChI is InChI=1S/C23H27N3O5S/c1-17(27)30-15-19-8-7-18(31-19)13-24-9-4-10-25(12-11-24)22(28)14-26-20-5-2-3-6-21(20)32-16-23(26)29/h2-3,5-8H,4,9-16H2,1H3. The van der Waals surface area contributed by atoms with Crippen molar-refractivity contribution in [3.05, 3.63) is 47.9 Å². The number of anilines is 1. The van der Waals surface area contributed by atoms with Crippen LogP contribution in [0.5, 0.6) is 0 Å². The Balaban J connectivity index is 1.31. The third kappa shape index (κ3) is 5.52. The van der Waals surface area contributed by atoms with Gasteiger partial charge in [0.2, 0.25) is 11.8 Å². The van der Waals surface area contributed by atoms with Crippen LogP contribution in [0.25, 0.3) is 0 Å². The molecule has 0 atom stereocenters. The Morgan fingerprint density at radius 3 is 2.72 bits per heavy atom. The SMILES string of the molecule is CC(=O)OCc1ccc(CN2CCCN(C(=O)CN3C(=O)CSc4ccccc43)CC2)o1. The van der Waals surface area contributed by atoms with Crippen molar-refractivity contribution in [2.24, 2.45) is 0 Å². The number of nitrogens with zero attached hydrogens (tertiary/aromatic N) is 3. The summed E-state index contributed by atoms with van der Waals surface area (Å²) in [5.74, 6) is 1.39. The van der Waals surface area contributed by atoms with Gasteiger partial charge in [-0.25, -0.2) is 0 Å². The fourth-order valence-electron chi connectivity index (χ4n) is 3.92. The number of amides is 2. The largest absolute Gasteiger partial charge is 0.461 e. The Bertz CT molecular complexity index is 992. The zero-order valence-corrected chi connectivity index (χ0v) is 18.9. The second-order valence-electron chi connectivity index (χ2n) is 7.90. The number of furan rings is 1. The number of hydrogen-bond donors (Lipinski definition) is 0. The molecule has 8 nitrogen and oxygen atoms in total. The molecule has 2 amide bonds. The summed E-state index contributed by atoms with van der Waals surface area (Å²) >= 11 is 1.52. The first-order valence-electron chi connectivity index (χ1n) is 10.7. The molecule has 1 aromatic heterocycles. The van der Waals surface area contributed by atoms with Crippen molar-refractivity contribution >= 4 is 35.2 Å². The summed E-state index contributed by atoms with van der Waals surface area (Å²) in [4.78, 5) is 43.2. The molecule has 2 aliphatic heterocycles. The van der Waals surface area contributed by atoms with Crippen LogP contribution in [0.3, 0.4) is 0 Å². The van der Waals surface area contributed by atoms with E-state index in [0.717, 1.165) is 35.9 Å². The van der Waals surface area contributed by atoms with Gasteiger partial charge >= 0.3 is 5.97 Å². The molecule has 32 heavy (non-hydrogen) atoms. The molecule has 1 fully saturated rings. The molecule has 0 bridgehead atoms. The average molecular weight is 458 g/mol. The second-order valence-corrected chi connectivity index (χ2v) is 8.91. The molecule has 1 saturated heterocycles. The zero-order valence-electron chi connectivity index (χ0n) is 18.1. The molecule has 9 heteroatoms. The minimum Gasteiger partial charge on any atom is -0.461 e. The summed E-state index contributed by atoms with van der Waals surface area (Å²) < 4.78 is 10.7. The summed E-state index contributed by atoms with van der Waals surface area (Å²) in [6.45, 7) is 5.08. The predicted octanol–water partition coefficient (Wildman–Crippen LogP) is 2.52. The molecule has 0 N–H and O–H groups in total. The number of thioether (sulfide) groups is 1. The van der Waals surface area contributed by atoms with Crippen LogP contribution in [0.4, 0.5) is 5.69 Å². The van der Waals surface area contributed by atoms with Gasteiger partial charge in [-0.15, -0.1) is 11.8 Å². The third-order valence-electron chi connectivity index (χ3n) is 5.56. The van der Waals surface area contributed by atoms with E-state index in [1.807, 2.05) is 41.3 Å². The van der Waals surface area contributed by atoms with Gasteiger partial charge in [-0.1, -0.05) is 12.1 Å². The van der Waals surface area contributed by atoms with E-state index in [1.54, 1.807) is 4.90 Å². The number of fused-ring (bicyclic) bond motifs is 1. The van der Waals surface area contributed by atoms with Gasteiger partial charge in [-0.2, -0.15) is 0 Å². The van der Waals surface area contributed by atoms with Crippen molar-refractivity contribution in [3.63, 3.8) is 0 Å². The molecule has 3 heterocycles. The van der Waals surface area contributed by atoms with Crippen LogP contribution < -0.4 is 4.90 Å². The van der Waals surface area contributed by atoms with E-state index < -0.39 is 0 Å². The first-order chi connectivity index (χ1) is 15.5. The van der Waals surface area contributed by atoms with E-state index in [2.05, 4.69) is 4.90 Å². The Kier molecular flexibility index (Phi) is 7.16. The van der Waals surface area contributed by atoms with E-state index in [4.69, 9.17) is 9.15 Å². The Labute approximate surface area is 191 Å². The van der Waals surface area contributed by atoms with Crippen LogP contribution in [-0.4, -0.2) is 66.1 Å². The van der Waals surface area contributed by atoms with E-state index >= 15 is 0 Å². The van der Waals surface area contributed by atoms with Crippen molar-refractivity contribution in [2.45, 2.75) is 31.4 Å². The Morgan fingerprint density at radius 2 is 1.88 bits per heavy atom. The van der Waals surface area contributed by atoms with Gasteiger partial charge in [0.15, 0.2) is 0 Å². The normalized spacial score (nSPS) is 17.1. The monoisotopic (exact) mass is 457 g/mol. The van der Waals surface area contributed by atoms with Crippen molar-refractivity contribution in [2.75, 3.05) is 43.4 Å². The van der Waals surface area contributed by atoms with E-state index in [9.17, 15) is 14.4 Å². The van der Waals surface area contributed by atoms with Crippen LogP contribution in [0, 0.1) is 0 Å². The van der Waals surface area contributed by atoms with Crippen molar-refractivity contribution in [3.8, 4) is 0 Å². The van der Waals surface area contributed by atoms with E-state index in [0.29, 0.717) is 31.1 Å². The van der Waals surface area contributed by atoms with Crippen LogP contribution in [0.2, 0.25) is 0 Å². The topological polar surface area (TPSA) is 83.3 Å². The highest BCUT2D eigenvalue weighted by Gasteiger charge is 2.28. The number of carbonyl (C=O) groups excluding carboxylic acids is 3. The highest BCUT2D eigenvalue weighted by Crippen LogP contribution is 2.34. The minimum absolute atomic E-state index is 0.0245. The van der Waals surface area contributed by atoms with Gasteiger partial charge in [-0.3, -0.25) is 19.3 Å². The Morgan fingerprint density at radius 1 is 1.06 bits per heavy atom. The van der Waals surface area contributed by atoms with E-state index in [1.165, 1.54) is 18.7 Å². The van der Waals surface area contributed by atoms with E-state index in [-0.39, 0.29) is 30.9 Å². The predicted molar refractivity (Wildman–Crippen MR) is 120 cm³/mol. The molecule has 170 valence electrons. The molecule has 0 unspecified atom stereocenters. The fraction of sp³-hybridized carbons (Fsp3) is 0.435. The Hall–Kier alpha value is -2.78. The van der Waals surface area contributed by atoms with Crippen LogP contribution in [0.15, 0.2) is 45.7 Å². The minimum atomic E-state index is -0.339. The summed E-state index contributed by atoms with van der Waals surface area (Å²) in [6, 6.07) is 11.4. The molecule has 0 radical (unpaired) electrons. The first kappa shape index (κ1) is 22.4. The number of benzene rings is 1. The number of esters is 1. The molecule has 4 rings (SSSR count). The summed E-state index contributed by atoms with van der Waals surface area (Å²) in [7, 11) is 0. The zero-order chi connectivity index (χ0) is 22.5. The summed E-state index contributed by atoms with van der Waals surface area (Å²) in [5.41, 5.74) is 0.820. The van der Waals surface area contributed by atoms with Crippen molar-refractivity contribution in [1.29, 1.82) is 0 Å². The number of carbonyl (C=O) groups is 3. The van der Waals surface area contributed by atoms with Gasteiger partial charge in [0.05, 0.1) is 18.0 Å². The molecule has 2 aliphatic rings. The lowest BCUT2D eigenvalue weighted by Crippen LogP contribution is -2.46.